The second-order valence-electron chi connectivity index (χ2n) is 12.5. The number of nitrogens with zero attached hydrogens (tertiary/aromatic N) is 1. The van der Waals surface area contributed by atoms with E-state index in [1.807, 2.05) is 30.3 Å². The summed E-state index contributed by atoms with van der Waals surface area (Å²) < 4.78 is 43.0. The first-order valence-corrected chi connectivity index (χ1v) is 14.4. The van der Waals surface area contributed by atoms with Crippen molar-refractivity contribution in [2.24, 2.45) is 0 Å². The Labute approximate surface area is 239 Å². The van der Waals surface area contributed by atoms with Gasteiger partial charge in [0.25, 0.3) is 6.43 Å². The fourth-order valence-electron chi connectivity index (χ4n) is 5.47. The van der Waals surface area contributed by atoms with E-state index in [-0.39, 0.29) is 17.9 Å². The second kappa shape index (κ2) is 11.1. The third kappa shape index (κ3) is 6.59. The molecule has 0 heterocycles. The van der Waals surface area contributed by atoms with Crippen LogP contribution in [-0.2, 0) is 15.0 Å². The number of hydrogen-bond acceptors (Lipinski definition) is 4. The van der Waals surface area contributed by atoms with Gasteiger partial charge in [-0.15, -0.1) is 0 Å². The topological polar surface area (TPSA) is 94.0 Å². The first-order valence-electron chi connectivity index (χ1n) is 14.4. The Balaban J connectivity index is 1.28. The summed E-state index contributed by atoms with van der Waals surface area (Å²) in [6.07, 6.45) is 2.69. The molecule has 2 amide bonds. The van der Waals surface area contributed by atoms with Gasteiger partial charge in [0.2, 0.25) is 11.8 Å². The zero-order valence-electron chi connectivity index (χ0n) is 23.5. The van der Waals surface area contributed by atoms with Crippen LogP contribution in [0.15, 0.2) is 48.5 Å². The highest BCUT2D eigenvalue weighted by Gasteiger charge is 2.51. The zero-order valence-corrected chi connectivity index (χ0v) is 23.5. The number of nitrogens with one attached hydrogen (secondary N) is 3. The van der Waals surface area contributed by atoms with Crippen molar-refractivity contribution in [1.82, 2.24) is 16.0 Å². The van der Waals surface area contributed by atoms with Crippen LogP contribution < -0.4 is 16.0 Å². The van der Waals surface area contributed by atoms with Gasteiger partial charge in [-0.3, -0.25) is 14.9 Å². The van der Waals surface area contributed by atoms with Crippen molar-refractivity contribution in [3.05, 3.63) is 59.7 Å². The van der Waals surface area contributed by atoms with Crippen LogP contribution in [0.1, 0.15) is 82.4 Å². The van der Waals surface area contributed by atoms with Crippen LogP contribution in [0.5, 0.6) is 0 Å². The largest absolute Gasteiger partial charge is 0.353 e. The van der Waals surface area contributed by atoms with Gasteiger partial charge in [-0.25, -0.2) is 13.2 Å². The number of hydrogen-bond donors (Lipinski definition) is 3. The molecule has 3 fully saturated rings. The van der Waals surface area contributed by atoms with E-state index in [4.69, 9.17) is 0 Å². The number of benzene rings is 2. The molecule has 3 saturated carbocycles. The third-order valence-corrected chi connectivity index (χ3v) is 8.63. The molecule has 41 heavy (non-hydrogen) atoms. The number of amides is 2. The summed E-state index contributed by atoms with van der Waals surface area (Å²) in [5, 5.41) is 17.8. The van der Waals surface area contributed by atoms with Crippen molar-refractivity contribution in [3.63, 3.8) is 0 Å². The van der Waals surface area contributed by atoms with Crippen molar-refractivity contribution in [2.75, 3.05) is 0 Å². The van der Waals surface area contributed by atoms with Crippen LogP contribution >= 0.6 is 0 Å². The van der Waals surface area contributed by atoms with E-state index in [1.165, 1.54) is 13.8 Å². The van der Waals surface area contributed by atoms with Gasteiger partial charge in [0.05, 0.1) is 23.6 Å². The minimum Gasteiger partial charge on any atom is -0.353 e. The lowest BCUT2D eigenvalue weighted by molar-refractivity contribution is -0.125. The molecule has 9 heteroatoms. The molecule has 2 atom stereocenters. The number of alkyl halides is 3. The predicted octanol–water partition coefficient (Wildman–Crippen LogP) is 5.63. The monoisotopic (exact) mass is 566 g/mol. The van der Waals surface area contributed by atoms with Gasteiger partial charge < -0.3 is 10.6 Å². The predicted molar refractivity (Wildman–Crippen MR) is 150 cm³/mol. The molecular weight excluding hydrogens is 529 g/mol. The number of carbonyl (C=O) groups is 2. The van der Waals surface area contributed by atoms with Gasteiger partial charge in [0.1, 0.15) is 11.2 Å². The summed E-state index contributed by atoms with van der Waals surface area (Å²) in [6, 6.07) is 14.0. The fraction of sp³-hybridized carbons (Fsp3) is 0.531. The summed E-state index contributed by atoms with van der Waals surface area (Å²) in [7, 11) is 0. The van der Waals surface area contributed by atoms with Crippen LogP contribution in [-0.4, -0.2) is 41.5 Å². The van der Waals surface area contributed by atoms with Gasteiger partial charge in [-0.1, -0.05) is 48.5 Å². The van der Waals surface area contributed by atoms with Crippen molar-refractivity contribution < 1.29 is 22.8 Å². The van der Waals surface area contributed by atoms with E-state index in [2.05, 4.69) is 16.0 Å². The maximum Gasteiger partial charge on any atom is 0.257 e. The number of nitriles is 1. The molecule has 5 rings (SSSR count). The van der Waals surface area contributed by atoms with Gasteiger partial charge in [-0.2, -0.15) is 5.26 Å². The Hall–Kier alpha value is -3.38. The third-order valence-electron chi connectivity index (χ3n) is 8.63. The summed E-state index contributed by atoms with van der Waals surface area (Å²) in [6.45, 7) is 2.57. The van der Waals surface area contributed by atoms with E-state index in [9.17, 15) is 28.0 Å². The lowest BCUT2D eigenvalue weighted by Gasteiger charge is -2.29. The lowest BCUT2D eigenvalue weighted by Crippen LogP contribution is -2.52. The number of rotatable bonds is 12. The molecule has 0 bridgehead atoms. The Morgan fingerprint density at radius 2 is 1.59 bits per heavy atom. The average molecular weight is 567 g/mol. The molecule has 0 aliphatic heterocycles. The Bertz CT molecular complexity index is 1300. The van der Waals surface area contributed by atoms with E-state index in [0.717, 1.165) is 48.8 Å². The van der Waals surface area contributed by atoms with Crippen molar-refractivity contribution in [2.45, 2.75) is 106 Å². The molecule has 0 unspecified atom stereocenters. The van der Waals surface area contributed by atoms with Crippen LogP contribution in [0.2, 0.25) is 0 Å². The van der Waals surface area contributed by atoms with Crippen molar-refractivity contribution >= 4 is 11.8 Å². The smallest absolute Gasteiger partial charge is 0.257 e. The quantitative estimate of drug-likeness (QED) is 0.311. The number of carbonyl (C=O) groups excluding carboxylic acids is 2. The maximum atomic E-state index is 14.6. The van der Waals surface area contributed by atoms with E-state index in [1.54, 1.807) is 24.3 Å². The molecule has 2 aromatic rings. The molecule has 0 saturated heterocycles. The van der Waals surface area contributed by atoms with E-state index < -0.39 is 41.0 Å². The molecular formula is C32H37F3N4O2. The van der Waals surface area contributed by atoms with E-state index in [0.29, 0.717) is 18.9 Å². The Kier molecular flexibility index (Phi) is 7.90. The fourth-order valence-corrected chi connectivity index (χ4v) is 5.47. The highest BCUT2D eigenvalue weighted by Crippen LogP contribution is 2.49. The van der Waals surface area contributed by atoms with Gasteiger partial charge in [0.15, 0.2) is 0 Å². The van der Waals surface area contributed by atoms with Crippen LogP contribution in [0.25, 0.3) is 11.1 Å². The van der Waals surface area contributed by atoms with Crippen LogP contribution in [0.3, 0.4) is 0 Å². The average Bonchev–Trinajstić information content (AvgIpc) is 3.84. The summed E-state index contributed by atoms with van der Waals surface area (Å²) in [5.74, 6) is -0.556. The summed E-state index contributed by atoms with van der Waals surface area (Å²) in [5.41, 5.74) is -0.271. The van der Waals surface area contributed by atoms with E-state index >= 15 is 0 Å². The SMILES string of the molecule is CC(C)(F)C[C@H](N[C@@H](c1ccc(-c2ccc(C3(C(=O)NC4CCC4)CC3)cc2)cc1)C(F)F)C(=O)NC1(C#N)CC1. The minimum absolute atomic E-state index is 0.105. The first-order chi connectivity index (χ1) is 19.4. The molecule has 0 spiro atoms. The van der Waals surface area contributed by atoms with Crippen molar-refractivity contribution in [3.8, 4) is 17.2 Å². The minimum atomic E-state index is -2.86. The molecule has 218 valence electrons. The second-order valence-corrected chi connectivity index (χ2v) is 12.5. The summed E-state index contributed by atoms with van der Waals surface area (Å²) in [4.78, 5) is 25.8. The summed E-state index contributed by atoms with van der Waals surface area (Å²) >= 11 is 0. The Morgan fingerprint density at radius 1 is 1.00 bits per heavy atom. The van der Waals surface area contributed by atoms with Gasteiger partial charge >= 0.3 is 0 Å². The highest BCUT2D eigenvalue weighted by molar-refractivity contribution is 5.91. The molecule has 3 aliphatic rings. The van der Waals surface area contributed by atoms with Crippen LogP contribution in [0.4, 0.5) is 13.2 Å². The molecule has 0 radical (unpaired) electrons. The van der Waals surface area contributed by atoms with Crippen molar-refractivity contribution in [1.29, 1.82) is 5.26 Å². The molecule has 3 N–H and O–H groups in total. The Morgan fingerprint density at radius 3 is 2.02 bits per heavy atom. The highest BCUT2D eigenvalue weighted by atomic mass is 19.3. The van der Waals surface area contributed by atoms with Gasteiger partial charge in [-0.05, 0) is 81.0 Å². The molecule has 0 aromatic heterocycles. The van der Waals surface area contributed by atoms with Crippen LogP contribution in [0, 0.1) is 11.3 Å². The lowest BCUT2D eigenvalue weighted by atomic mass is 9.89. The maximum absolute atomic E-state index is 14.6. The van der Waals surface area contributed by atoms with Gasteiger partial charge in [0, 0.05) is 12.5 Å². The molecule has 2 aromatic carbocycles. The first kappa shape index (κ1) is 29.1. The number of halogens is 3. The molecule has 6 nitrogen and oxygen atoms in total. The molecule has 3 aliphatic carbocycles. The zero-order chi connectivity index (χ0) is 29.4. The standard InChI is InChI=1S/C32H37F3N4O2/c1-30(2,35)18-25(28(40)39-31(19-36)14-15-31)38-26(27(33)34)22-8-6-20(7-9-22)21-10-12-23(13-11-21)32(16-17-32)29(41)37-24-4-3-5-24/h6-13,24-27,38H,3-5,14-18H2,1-2H3,(H,37,41)(H,39,40)/t25-,26-/m0/s1. The normalized spacial score (nSPS) is 20.3.